The molecule has 0 radical (unpaired) electrons. The average Bonchev–Trinajstić information content (AvgIpc) is 2.06. The van der Waals surface area contributed by atoms with Gasteiger partial charge in [-0.1, -0.05) is 0 Å². The van der Waals surface area contributed by atoms with Crippen molar-refractivity contribution in [3.63, 3.8) is 0 Å². The van der Waals surface area contributed by atoms with Gasteiger partial charge in [0.15, 0.2) is 0 Å². The Morgan fingerprint density at radius 2 is 2.00 bits per heavy atom. The molecule has 1 amide bonds. The molecule has 0 aliphatic rings. The van der Waals surface area contributed by atoms with Gasteiger partial charge in [0, 0.05) is 11.3 Å². The number of amides is 1. The number of amidine groups is 1. The fraction of sp³-hybridized carbons (Fsp3) is 0. The lowest BCUT2D eigenvalue weighted by atomic mass is 10.2. The van der Waals surface area contributed by atoms with E-state index < -0.39 is 0 Å². The molecule has 0 heterocycles. The van der Waals surface area contributed by atoms with Gasteiger partial charge in [0.1, 0.15) is 5.84 Å². The Bertz CT molecular complexity index is 292. The van der Waals surface area contributed by atoms with E-state index in [0.29, 0.717) is 17.7 Å². The first-order chi connectivity index (χ1) is 5.74. The molecule has 1 rings (SSSR count). The highest BCUT2D eigenvalue weighted by Crippen LogP contribution is 2.07. The summed E-state index contributed by atoms with van der Waals surface area (Å²) in [6, 6.07) is 6.72. The Morgan fingerprint density at radius 1 is 1.42 bits per heavy atom. The first-order valence-corrected chi connectivity index (χ1v) is 3.38. The fourth-order valence-electron chi connectivity index (χ4n) is 0.814. The molecule has 0 aliphatic carbocycles. The van der Waals surface area contributed by atoms with Gasteiger partial charge >= 0.3 is 0 Å². The molecule has 0 saturated heterocycles. The van der Waals surface area contributed by atoms with E-state index in [-0.39, 0.29) is 5.84 Å². The highest BCUT2D eigenvalue weighted by molar-refractivity contribution is 5.95. The van der Waals surface area contributed by atoms with Crippen molar-refractivity contribution in [2.75, 3.05) is 5.32 Å². The number of hydrogen-bond donors (Lipinski definition) is 3. The molecular formula is C8H9N3O. The Balaban J connectivity index is 2.85. The second-order valence-corrected chi connectivity index (χ2v) is 2.25. The van der Waals surface area contributed by atoms with Crippen LogP contribution in [0.3, 0.4) is 0 Å². The smallest absolute Gasteiger partial charge is 0.211 e. The van der Waals surface area contributed by atoms with E-state index >= 15 is 0 Å². The van der Waals surface area contributed by atoms with Gasteiger partial charge in [0.2, 0.25) is 6.41 Å². The van der Waals surface area contributed by atoms with Crippen LogP contribution < -0.4 is 11.1 Å². The summed E-state index contributed by atoms with van der Waals surface area (Å²) in [6.45, 7) is 0. The van der Waals surface area contributed by atoms with Gasteiger partial charge in [-0.15, -0.1) is 0 Å². The van der Waals surface area contributed by atoms with Crippen molar-refractivity contribution in [2.24, 2.45) is 5.73 Å². The molecule has 0 unspecified atom stereocenters. The third-order valence-corrected chi connectivity index (χ3v) is 1.42. The van der Waals surface area contributed by atoms with Crippen molar-refractivity contribution < 1.29 is 4.79 Å². The zero-order valence-electron chi connectivity index (χ0n) is 6.37. The summed E-state index contributed by atoms with van der Waals surface area (Å²) in [6.07, 6.45) is 0.600. The number of nitrogens with two attached hydrogens (primary N) is 1. The molecule has 1 aromatic rings. The van der Waals surface area contributed by atoms with Crippen molar-refractivity contribution in [1.29, 1.82) is 5.41 Å². The summed E-state index contributed by atoms with van der Waals surface area (Å²) in [5, 5.41) is 9.58. The van der Waals surface area contributed by atoms with Crippen LogP contribution in [-0.2, 0) is 4.79 Å². The van der Waals surface area contributed by atoms with Crippen molar-refractivity contribution >= 4 is 17.9 Å². The number of carbonyl (C=O) groups excluding carboxylic acids is 1. The molecule has 4 nitrogen and oxygen atoms in total. The number of anilines is 1. The van der Waals surface area contributed by atoms with Crippen LogP contribution in [0.1, 0.15) is 5.56 Å². The third kappa shape index (κ3) is 1.82. The zero-order chi connectivity index (χ0) is 8.97. The number of nitrogens with one attached hydrogen (secondary N) is 2. The molecule has 0 atom stereocenters. The van der Waals surface area contributed by atoms with Crippen LogP contribution >= 0.6 is 0 Å². The van der Waals surface area contributed by atoms with Crippen LogP contribution in [0.15, 0.2) is 24.3 Å². The van der Waals surface area contributed by atoms with E-state index in [9.17, 15) is 4.79 Å². The van der Waals surface area contributed by atoms with E-state index in [1.807, 2.05) is 0 Å². The maximum atomic E-state index is 10.0. The molecule has 0 fully saturated rings. The lowest BCUT2D eigenvalue weighted by molar-refractivity contribution is -0.105. The van der Waals surface area contributed by atoms with Crippen LogP contribution in [0.2, 0.25) is 0 Å². The standard InChI is InChI=1S/C8H9N3O/c9-8(10)6-1-3-7(4-2-6)11-5-12/h1-5H,(H3,9,10)(H,11,12). The van der Waals surface area contributed by atoms with Gasteiger partial charge in [-0.2, -0.15) is 0 Å². The van der Waals surface area contributed by atoms with Crippen LogP contribution in [0.5, 0.6) is 0 Å². The van der Waals surface area contributed by atoms with Gasteiger partial charge in [0.25, 0.3) is 0 Å². The first-order valence-electron chi connectivity index (χ1n) is 3.38. The summed E-state index contributed by atoms with van der Waals surface area (Å²) < 4.78 is 0. The van der Waals surface area contributed by atoms with E-state index in [1.54, 1.807) is 24.3 Å². The largest absolute Gasteiger partial charge is 0.384 e. The van der Waals surface area contributed by atoms with E-state index in [1.165, 1.54) is 0 Å². The molecule has 0 saturated carbocycles. The SMILES string of the molecule is N=C(N)c1ccc(NC=O)cc1. The van der Waals surface area contributed by atoms with E-state index in [2.05, 4.69) is 5.32 Å². The minimum atomic E-state index is 0.0210. The fourth-order valence-corrected chi connectivity index (χ4v) is 0.814. The average molecular weight is 163 g/mol. The number of benzene rings is 1. The Kier molecular flexibility index (Phi) is 2.42. The highest BCUT2D eigenvalue weighted by Gasteiger charge is 1.94. The van der Waals surface area contributed by atoms with Crippen LogP contribution in [0.4, 0.5) is 5.69 Å². The predicted octanol–water partition coefficient (Wildman–Crippen LogP) is 0.539. The highest BCUT2D eigenvalue weighted by atomic mass is 16.1. The van der Waals surface area contributed by atoms with Crippen molar-refractivity contribution in [2.45, 2.75) is 0 Å². The monoisotopic (exact) mass is 163 g/mol. The van der Waals surface area contributed by atoms with Crippen LogP contribution in [0.25, 0.3) is 0 Å². The van der Waals surface area contributed by atoms with E-state index in [0.717, 1.165) is 0 Å². The maximum absolute atomic E-state index is 10.0. The topological polar surface area (TPSA) is 79.0 Å². The van der Waals surface area contributed by atoms with Crippen molar-refractivity contribution in [3.8, 4) is 0 Å². The molecule has 0 bridgehead atoms. The van der Waals surface area contributed by atoms with Crippen molar-refractivity contribution in [3.05, 3.63) is 29.8 Å². The predicted molar refractivity (Wildman–Crippen MR) is 47.1 cm³/mol. The second kappa shape index (κ2) is 3.52. The second-order valence-electron chi connectivity index (χ2n) is 2.25. The lowest BCUT2D eigenvalue weighted by Gasteiger charge is -1.99. The van der Waals surface area contributed by atoms with Gasteiger partial charge in [-0.3, -0.25) is 10.2 Å². The molecule has 4 heteroatoms. The quantitative estimate of drug-likeness (QED) is 0.345. The minimum Gasteiger partial charge on any atom is -0.384 e. The Hall–Kier alpha value is -1.84. The molecule has 4 N–H and O–H groups in total. The molecule has 12 heavy (non-hydrogen) atoms. The van der Waals surface area contributed by atoms with Crippen LogP contribution in [-0.4, -0.2) is 12.2 Å². The minimum absolute atomic E-state index is 0.0210. The van der Waals surface area contributed by atoms with Gasteiger partial charge in [0.05, 0.1) is 0 Å². The maximum Gasteiger partial charge on any atom is 0.211 e. The van der Waals surface area contributed by atoms with Gasteiger partial charge < -0.3 is 11.1 Å². The summed E-state index contributed by atoms with van der Waals surface area (Å²) >= 11 is 0. The molecule has 1 aromatic carbocycles. The molecule has 0 aromatic heterocycles. The first kappa shape index (κ1) is 8.26. The van der Waals surface area contributed by atoms with Gasteiger partial charge in [-0.05, 0) is 24.3 Å². The summed E-state index contributed by atoms with van der Waals surface area (Å²) in [5.41, 5.74) is 6.57. The number of carbonyl (C=O) groups is 1. The zero-order valence-corrected chi connectivity index (χ0v) is 6.37. The van der Waals surface area contributed by atoms with Gasteiger partial charge in [-0.25, -0.2) is 0 Å². The lowest BCUT2D eigenvalue weighted by Crippen LogP contribution is -2.10. The number of nitrogen functional groups attached to an aromatic ring is 1. The number of hydrogen-bond acceptors (Lipinski definition) is 2. The summed E-state index contributed by atoms with van der Waals surface area (Å²) in [5.74, 6) is 0.0210. The van der Waals surface area contributed by atoms with Crippen molar-refractivity contribution in [1.82, 2.24) is 0 Å². The normalized spacial score (nSPS) is 9.00. The Labute approximate surface area is 69.9 Å². The molecular weight excluding hydrogens is 154 g/mol. The third-order valence-electron chi connectivity index (χ3n) is 1.42. The molecule has 0 aliphatic heterocycles. The number of rotatable bonds is 3. The molecule has 0 spiro atoms. The summed E-state index contributed by atoms with van der Waals surface area (Å²) in [4.78, 5) is 10.0. The Morgan fingerprint density at radius 3 is 2.42 bits per heavy atom. The van der Waals surface area contributed by atoms with E-state index in [4.69, 9.17) is 11.1 Å². The van der Waals surface area contributed by atoms with Crippen LogP contribution in [0, 0.1) is 5.41 Å². The summed E-state index contributed by atoms with van der Waals surface area (Å²) in [7, 11) is 0. The molecule has 62 valence electrons.